The average molecular weight is 206 g/mol. The smallest absolute Gasteiger partial charge is 0.309 e. The Kier molecular flexibility index (Phi) is 2.58. The molecule has 1 aromatic rings. The molecule has 1 saturated carbocycles. The zero-order chi connectivity index (χ0) is 10.8. The van der Waals surface area contributed by atoms with Crippen molar-refractivity contribution in [1.29, 1.82) is 0 Å². The number of nitrogens with zero attached hydrogens (tertiary/aromatic N) is 1. The number of hydrogen-bond donors (Lipinski definition) is 1. The summed E-state index contributed by atoms with van der Waals surface area (Å²) in [5.74, 6) is 0.0681. The lowest BCUT2D eigenvalue weighted by atomic mass is 10.2. The summed E-state index contributed by atoms with van der Waals surface area (Å²) in [6, 6.07) is 3.56. The highest BCUT2D eigenvalue weighted by molar-refractivity contribution is 5.77. The highest BCUT2D eigenvalue weighted by atomic mass is 16.5. The highest BCUT2D eigenvalue weighted by Crippen LogP contribution is 2.47. The van der Waals surface area contributed by atoms with Crippen LogP contribution < -0.4 is 5.73 Å². The van der Waals surface area contributed by atoms with Gasteiger partial charge in [0.15, 0.2) is 0 Å². The number of hydrogen-bond acceptors (Lipinski definition) is 4. The lowest BCUT2D eigenvalue weighted by molar-refractivity contribution is -0.144. The van der Waals surface area contributed by atoms with E-state index in [2.05, 4.69) is 4.98 Å². The molecule has 0 aromatic carbocycles. The molecule has 1 fully saturated rings. The number of carbonyl (C=O) groups excluding carboxylic acids is 1. The standard InChI is InChI=1S/C11H14N2O2/c1-2-15-11(14)9-6-8(9)10-5-7(12)3-4-13-10/h3-5,8-9H,2,6H2,1H3,(H2,12,13)/t8-,9+/m0/s1. The average Bonchev–Trinajstić information content (AvgIpc) is 2.97. The fourth-order valence-corrected chi connectivity index (χ4v) is 1.70. The Balaban J connectivity index is 2.01. The quantitative estimate of drug-likeness (QED) is 0.758. The van der Waals surface area contributed by atoms with Crippen LogP contribution in [0.2, 0.25) is 0 Å². The Morgan fingerprint density at radius 1 is 1.73 bits per heavy atom. The number of anilines is 1. The van der Waals surface area contributed by atoms with E-state index in [0.717, 1.165) is 12.1 Å². The minimum absolute atomic E-state index is 0.0146. The molecule has 4 nitrogen and oxygen atoms in total. The molecule has 0 unspecified atom stereocenters. The summed E-state index contributed by atoms with van der Waals surface area (Å²) in [5, 5.41) is 0. The zero-order valence-electron chi connectivity index (χ0n) is 8.64. The van der Waals surface area contributed by atoms with Crippen LogP contribution in [0.25, 0.3) is 0 Å². The fourth-order valence-electron chi connectivity index (χ4n) is 1.70. The van der Waals surface area contributed by atoms with Gasteiger partial charge in [0.1, 0.15) is 0 Å². The Labute approximate surface area is 88.4 Å². The third-order valence-corrected chi connectivity index (χ3v) is 2.56. The van der Waals surface area contributed by atoms with Crippen LogP contribution in [0.1, 0.15) is 25.0 Å². The SMILES string of the molecule is CCOC(=O)[C@@H]1C[C@@H]1c1cc(N)ccn1. The van der Waals surface area contributed by atoms with Gasteiger partial charge in [-0.15, -0.1) is 0 Å². The Bertz CT molecular complexity index is 379. The Hall–Kier alpha value is -1.58. The monoisotopic (exact) mass is 206 g/mol. The topological polar surface area (TPSA) is 65.2 Å². The van der Waals surface area contributed by atoms with Gasteiger partial charge in [-0.3, -0.25) is 9.78 Å². The lowest BCUT2D eigenvalue weighted by Crippen LogP contribution is -2.07. The van der Waals surface area contributed by atoms with Gasteiger partial charge in [0.2, 0.25) is 0 Å². The fraction of sp³-hybridized carbons (Fsp3) is 0.455. The molecular formula is C11H14N2O2. The first-order valence-electron chi connectivity index (χ1n) is 5.10. The number of esters is 1. The van der Waals surface area contributed by atoms with Gasteiger partial charge in [-0.25, -0.2) is 0 Å². The van der Waals surface area contributed by atoms with Gasteiger partial charge in [-0.2, -0.15) is 0 Å². The molecule has 1 aromatic heterocycles. The van der Waals surface area contributed by atoms with E-state index in [1.807, 2.05) is 13.0 Å². The third kappa shape index (κ3) is 2.09. The summed E-state index contributed by atoms with van der Waals surface area (Å²) in [5.41, 5.74) is 7.23. The molecule has 2 rings (SSSR count). The first kappa shape index (κ1) is 9.96. The summed E-state index contributed by atoms with van der Waals surface area (Å²) in [7, 11) is 0. The molecular weight excluding hydrogens is 192 g/mol. The molecule has 4 heteroatoms. The van der Waals surface area contributed by atoms with Gasteiger partial charge >= 0.3 is 5.97 Å². The van der Waals surface area contributed by atoms with E-state index in [9.17, 15) is 4.79 Å². The second kappa shape index (κ2) is 3.88. The van der Waals surface area contributed by atoms with E-state index in [-0.39, 0.29) is 17.8 Å². The molecule has 1 heterocycles. The lowest BCUT2D eigenvalue weighted by Gasteiger charge is -2.01. The highest BCUT2D eigenvalue weighted by Gasteiger charge is 2.46. The minimum Gasteiger partial charge on any atom is -0.466 e. The number of ether oxygens (including phenoxy) is 1. The van der Waals surface area contributed by atoms with Gasteiger partial charge in [0.05, 0.1) is 12.5 Å². The minimum atomic E-state index is -0.119. The molecule has 0 radical (unpaired) electrons. The number of pyridine rings is 1. The van der Waals surface area contributed by atoms with Gasteiger partial charge in [0.25, 0.3) is 0 Å². The van der Waals surface area contributed by atoms with Crippen LogP contribution in [0.5, 0.6) is 0 Å². The first-order chi connectivity index (χ1) is 7.22. The number of nitrogen functional groups attached to an aromatic ring is 1. The molecule has 15 heavy (non-hydrogen) atoms. The van der Waals surface area contributed by atoms with Gasteiger partial charge in [-0.1, -0.05) is 0 Å². The number of aromatic nitrogens is 1. The molecule has 2 atom stereocenters. The van der Waals surface area contributed by atoms with E-state index < -0.39 is 0 Å². The van der Waals surface area contributed by atoms with Crippen molar-refractivity contribution in [2.75, 3.05) is 12.3 Å². The molecule has 80 valence electrons. The van der Waals surface area contributed by atoms with E-state index >= 15 is 0 Å². The molecule has 0 amide bonds. The summed E-state index contributed by atoms with van der Waals surface area (Å²) in [4.78, 5) is 15.6. The molecule has 0 spiro atoms. The molecule has 0 aliphatic heterocycles. The molecule has 1 aliphatic carbocycles. The van der Waals surface area contributed by atoms with E-state index in [4.69, 9.17) is 10.5 Å². The van der Waals surface area contributed by atoms with Crippen molar-refractivity contribution in [3.8, 4) is 0 Å². The maximum absolute atomic E-state index is 11.4. The van der Waals surface area contributed by atoms with E-state index in [0.29, 0.717) is 12.3 Å². The van der Waals surface area contributed by atoms with E-state index in [1.54, 1.807) is 12.3 Å². The van der Waals surface area contributed by atoms with Gasteiger partial charge in [-0.05, 0) is 25.5 Å². The number of rotatable bonds is 3. The summed E-state index contributed by atoms with van der Waals surface area (Å²) >= 11 is 0. The molecule has 0 bridgehead atoms. The predicted molar refractivity (Wildman–Crippen MR) is 56.1 cm³/mol. The van der Waals surface area contributed by atoms with Crippen molar-refractivity contribution in [1.82, 2.24) is 4.98 Å². The Morgan fingerprint density at radius 3 is 3.20 bits per heavy atom. The summed E-state index contributed by atoms with van der Waals surface area (Å²) < 4.78 is 4.95. The summed E-state index contributed by atoms with van der Waals surface area (Å²) in [6.07, 6.45) is 2.50. The van der Waals surface area contributed by atoms with Crippen LogP contribution in [-0.2, 0) is 9.53 Å². The van der Waals surface area contributed by atoms with Crippen LogP contribution in [-0.4, -0.2) is 17.6 Å². The largest absolute Gasteiger partial charge is 0.466 e. The van der Waals surface area contributed by atoms with Crippen LogP contribution in [0, 0.1) is 5.92 Å². The van der Waals surface area contributed by atoms with Gasteiger partial charge in [0, 0.05) is 23.5 Å². The third-order valence-electron chi connectivity index (χ3n) is 2.56. The number of nitrogens with two attached hydrogens (primary N) is 1. The van der Waals surface area contributed by atoms with Crippen LogP contribution in [0.3, 0.4) is 0 Å². The van der Waals surface area contributed by atoms with Crippen molar-refractivity contribution in [3.05, 3.63) is 24.0 Å². The summed E-state index contributed by atoms with van der Waals surface area (Å²) in [6.45, 7) is 2.25. The normalized spacial score (nSPS) is 23.5. The van der Waals surface area contributed by atoms with E-state index in [1.165, 1.54) is 0 Å². The van der Waals surface area contributed by atoms with Crippen molar-refractivity contribution in [3.63, 3.8) is 0 Å². The second-order valence-corrected chi connectivity index (χ2v) is 3.71. The zero-order valence-corrected chi connectivity index (χ0v) is 8.64. The molecule has 1 aliphatic rings. The molecule has 0 saturated heterocycles. The predicted octanol–water partition coefficient (Wildman–Crippen LogP) is 1.33. The maximum atomic E-state index is 11.4. The number of carbonyl (C=O) groups is 1. The van der Waals surface area contributed by atoms with Crippen molar-refractivity contribution in [2.24, 2.45) is 5.92 Å². The first-order valence-corrected chi connectivity index (χ1v) is 5.10. The van der Waals surface area contributed by atoms with Crippen LogP contribution >= 0.6 is 0 Å². The molecule has 2 N–H and O–H groups in total. The maximum Gasteiger partial charge on any atom is 0.309 e. The van der Waals surface area contributed by atoms with Crippen LogP contribution in [0.4, 0.5) is 5.69 Å². The van der Waals surface area contributed by atoms with Crippen molar-refractivity contribution < 1.29 is 9.53 Å². The Morgan fingerprint density at radius 2 is 2.53 bits per heavy atom. The van der Waals surface area contributed by atoms with Crippen LogP contribution in [0.15, 0.2) is 18.3 Å². The van der Waals surface area contributed by atoms with Gasteiger partial charge < -0.3 is 10.5 Å². The second-order valence-electron chi connectivity index (χ2n) is 3.71. The van der Waals surface area contributed by atoms with Crippen molar-refractivity contribution in [2.45, 2.75) is 19.3 Å². The van der Waals surface area contributed by atoms with Crippen molar-refractivity contribution >= 4 is 11.7 Å².